The quantitative estimate of drug-likeness (QED) is 0.303. The van der Waals surface area contributed by atoms with E-state index >= 15 is 0 Å². The summed E-state index contributed by atoms with van der Waals surface area (Å²) in [5, 5.41) is 1.10. The number of rotatable bonds is 9. The number of hydrogen-bond donors (Lipinski definition) is 0. The van der Waals surface area contributed by atoms with Crippen LogP contribution in [0.2, 0.25) is 6.04 Å². The lowest BCUT2D eigenvalue weighted by molar-refractivity contribution is -0.137. The average molecular weight is 294 g/mol. The van der Waals surface area contributed by atoms with E-state index in [2.05, 4.69) is 6.58 Å². The summed E-state index contributed by atoms with van der Waals surface area (Å²) in [6.45, 7) is 6.27. The largest absolute Gasteiger partial charge is 0.463 e. The first-order valence-electron chi connectivity index (χ1n) is 6.72. The molecule has 0 heterocycles. The molecule has 0 bridgehead atoms. The van der Waals surface area contributed by atoms with Gasteiger partial charge in [0.1, 0.15) is 0 Å². The SMILES string of the molecule is C=CC(=O)OCCC[Si](OC)(OCC)c1ccccc1. The van der Waals surface area contributed by atoms with Gasteiger partial charge in [-0.1, -0.05) is 36.9 Å². The van der Waals surface area contributed by atoms with Gasteiger partial charge in [0.15, 0.2) is 0 Å². The summed E-state index contributed by atoms with van der Waals surface area (Å²) in [5.41, 5.74) is 0. The van der Waals surface area contributed by atoms with Gasteiger partial charge >= 0.3 is 14.5 Å². The molecule has 1 rings (SSSR count). The summed E-state index contributed by atoms with van der Waals surface area (Å²) in [6, 6.07) is 10.7. The molecule has 5 heteroatoms. The third kappa shape index (κ3) is 4.59. The van der Waals surface area contributed by atoms with Crippen molar-refractivity contribution in [1.29, 1.82) is 0 Å². The molecule has 1 unspecified atom stereocenters. The van der Waals surface area contributed by atoms with E-state index in [-0.39, 0.29) is 0 Å². The van der Waals surface area contributed by atoms with Crippen molar-refractivity contribution in [3.63, 3.8) is 0 Å². The lowest BCUT2D eigenvalue weighted by Gasteiger charge is -2.29. The van der Waals surface area contributed by atoms with E-state index in [1.807, 2.05) is 37.3 Å². The lowest BCUT2D eigenvalue weighted by Crippen LogP contribution is -2.53. The fourth-order valence-electron chi connectivity index (χ4n) is 2.04. The Hall–Kier alpha value is -1.43. The second-order valence-electron chi connectivity index (χ2n) is 4.23. The van der Waals surface area contributed by atoms with Crippen LogP contribution in [0.3, 0.4) is 0 Å². The molecule has 1 aromatic rings. The Morgan fingerprint density at radius 3 is 2.60 bits per heavy atom. The zero-order chi connectivity index (χ0) is 14.8. The van der Waals surface area contributed by atoms with Gasteiger partial charge in [-0.05, 0) is 24.6 Å². The molecule has 0 aliphatic heterocycles. The Morgan fingerprint density at radius 1 is 1.35 bits per heavy atom. The Balaban J connectivity index is 2.69. The van der Waals surface area contributed by atoms with E-state index in [0.29, 0.717) is 19.6 Å². The van der Waals surface area contributed by atoms with Crippen LogP contribution < -0.4 is 5.19 Å². The molecule has 20 heavy (non-hydrogen) atoms. The molecule has 0 fully saturated rings. The van der Waals surface area contributed by atoms with Crippen LogP contribution >= 0.6 is 0 Å². The minimum Gasteiger partial charge on any atom is -0.463 e. The summed E-state index contributed by atoms with van der Waals surface area (Å²) >= 11 is 0. The molecule has 0 aliphatic carbocycles. The van der Waals surface area contributed by atoms with Crippen LogP contribution in [0.1, 0.15) is 13.3 Å². The van der Waals surface area contributed by atoms with Gasteiger partial charge in [-0.2, -0.15) is 0 Å². The first-order chi connectivity index (χ1) is 9.68. The molecular weight excluding hydrogens is 272 g/mol. The highest BCUT2D eigenvalue weighted by Crippen LogP contribution is 2.16. The standard InChI is InChI=1S/C15H22O4Si/c1-4-15(16)18-12-9-13-20(17-3,19-5-2)14-10-7-6-8-11-14/h4,6-8,10-11H,1,5,9,12-13H2,2-3H3. The van der Waals surface area contributed by atoms with Gasteiger partial charge in [-0.15, -0.1) is 0 Å². The smallest absolute Gasteiger partial charge is 0.372 e. The second-order valence-corrected chi connectivity index (χ2v) is 7.51. The average Bonchev–Trinajstić information content (AvgIpc) is 2.51. The van der Waals surface area contributed by atoms with Gasteiger partial charge in [0.25, 0.3) is 0 Å². The normalized spacial score (nSPS) is 13.5. The van der Waals surface area contributed by atoms with Crippen molar-refractivity contribution in [2.45, 2.75) is 19.4 Å². The van der Waals surface area contributed by atoms with Crippen LogP contribution in [0.15, 0.2) is 43.0 Å². The third-order valence-corrected chi connectivity index (χ3v) is 6.62. The van der Waals surface area contributed by atoms with E-state index in [1.165, 1.54) is 6.08 Å². The van der Waals surface area contributed by atoms with E-state index in [1.54, 1.807) is 7.11 Å². The van der Waals surface area contributed by atoms with Gasteiger partial charge in [0.2, 0.25) is 0 Å². The highest BCUT2D eigenvalue weighted by Gasteiger charge is 2.38. The number of esters is 1. The maximum absolute atomic E-state index is 11.0. The van der Waals surface area contributed by atoms with E-state index in [0.717, 1.165) is 11.2 Å². The monoisotopic (exact) mass is 294 g/mol. The highest BCUT2D eigenvalue weighted by molar-refractivity contribution is 6.81. The van der Waals surface area contributed by atoms with Gasteiger partial charge in [-0.3, -0.25) is 0 Å². The Kier molecular flexibility index (Phi) is 7.21. The predicted octanol–water partition coefficient (Wildman–Crippen LogP) is 2.14. The predicted molar refractivity (Wildman–Crippen MR) is 81.0 cm³/mol. The maximum atomic E-state index is 11.0. The molecule has 0 amide bonds. The van der Waals surface area contributed by atoms with Crippen molar-refractivity contribution < 1.29 is 18.4 Å². The van der Waals surface area contributed by atoms with Crippen LogP contribution in [0.25, 0.3) is 0 Å². The first kappa shape index (κ1) is 16.6. The van der Waals surface area contributed by atoms with Crippen molar-refractivity contribution >= 4 is 19.7 Å². The molecule has 4 nitrogen and oxygen atoms in total. The Morgan fingerprint density at radius 2 is 2.05 bits per heavy atom. The van der Waals surface area contributed by atoms with Crippen LogP contribution in [0.5, 0.6) is 0 Å². The summed E-state index contributed by atoms with van der Waals surface area (Å²) in [7, 11) is -0.760. The van der Waals surface area contributed by atoms with Gasteiger partial charge < -0.3 is 13.6 Å². The van der Waals surface area contributed by atoms with E-state index < -0.39 is 14.5 Å². The molecule has 1 aromatic carbocycles. The Labute approximate surface area is 121 Å². The molecule has 0 saturated heterocycles. The topological polar surface area (TPSA) is 44.8 Å². The minimum atomic E-state index is -2.44. The molecule has 0 radical (unpaired) electrons. The van der Waals surface area contributed by atoms with Crippen LogP contribution in [-0.2, 0) is 18.4 Å². The van der Waals surface area contributed by atoms with Crippen molar-refractivity contribution in [3.8, 4) is 0 Å². The van der Waals surface area contributed by atoms with Gasteiger partial charge in [0.05, 0.1) is 6.61 Å². The molecule has 0 spiro atoms. The number of benzene rings is 1. The first-order valence-corrected chi connectivity index (χ1v) is 8.74. The number of carbonyl (C=O) groups is 1. The van der Waals surface area contributed by atoms with Crippen molar-refractivity contribution in [2.75, 3.05) is 20.3 Å². The minimum absolute atomic E-state index is 0.350. The van der Waals surface area contributed by atoms with Crippen molar-refractivity contribution in [1.82, 2.24) is 0 Å². The molecular formula is C15H22O4Si. The zero-order valence-electron chi connectivity index (χ0n) is 12.1. The Bertz CT molecular complexity index is 421. The maximum Gasteiger partial charge on any atom is 0.372 e. The summed E-state index contributed by atoms with van der Waals surface area (Å²) in [5.74, 6) is -0.397. The van der Waals surface area contributed by atoms with Gasteiger partial charge in [0, 0.05) is 19.8 Å². The summed E-state index contributed by atoms with van der Waals surface area (Å²) in [4.78, 5) is 11.0. The van der Waals surface area contributed by atoms with Crippen molar-refractivity contribution in [2.24, 2.45) is 0 Å². The number of ether oxygens (including phenoxy) is 1. The summed E-state index contributed by atoms with van der Waals surface area (Å²) in [6.07, 6.45) is 1.87. The molecule has 0 aliphatic rings. The number of hydrogen-bond acceptors (Lipinski definition) is 4. The highest BCUT2D eigenvalue weighted by atomic mass is 28.4. The molecule has 110 valence electrons. The molecule has 0 aromatic heterocycles. The zero-order valence-corrected chi connectivity index (χ0v) is 13.1. The van der Waals surface area contributed by atoms with Crippen molar-refractivity contribution in [3.05, 3.63) is 43.0 Å². The lowest BCUT2D eigenvalue weighted by atomic mass is 10.4. The summed E-state index contributed by atoms with van der Waals surface area (Å²) < 4.78 is 16.7. The third-order valence-electron chi connectivity index (χ3n) is 2.98. The molecule has 1 atom stereocenters. The number of carbonyl (C=O) groups excluding carboxylic acids is 1. The fourth-order valence-corrected chi connectivity index (χ4v) is 4.97. The van der Waals surface area contributed by atoms with Gasteiger partial charge in [-0.25, -0.2) is 4.79 Å². The van der Waals surface area contributed by atoms with E-state index in [4.69, 9.17) is 13.6 Å². The van der Waals surface area contributed by atoms with Crippen LogP contribution in [0, 0.1) is 0 Å². The van der Waals surface area contributed by atoms with E-state index in [9.17, 15) is 4.79 Å². The molecule has 0 N–H and O–H groups in total. The molecule has 0 saturated carbocycles. The van der Waals surface area contributed by atoms with Crippen LogP contribution in [0.4, 0.5) is 0 Å². The van der Waals surface area contributed by atoms with Crippen LogP contribution in [-0.4, -0.2) is 34.9 Å². The second kappa shape index (κ2) is 8.68. The fraction of sp³-hybridized carbons (Fsp3) is 0.400.